The van der Waals surface area contributed by atoms with Crippen LogP contribution in [-0.4, -0.2) is 30.9 Å². The van der Waals surface area contributed by atoms with Crippen LogP contribution in [0.3, 0.4) is 0 Å². The number of aromatic nitrogens is 5. The van der Waals surface area contributed by atoms with E-state index in [4.69, 9.17) is 4.98 Å². The summed E-state index contributed by atoms with van der Waals surface area (Å²) in [6.45, 7) is 8.23. The minimum absolute atomic E-state index is 0.159. The lowest BCUT2D eigenvalue weighted by Crippen LogP contribution is -2.14. The van der Waals surface area contributed by atoms with E-state index in [1.807, 2.05) is 28.9 Å². The summed E-state index contributed by atoms with van der Waals surface area (Å²) >= 11 is 0. The van der Waals surface area contributed by atoms with Crippen LogP contribution in [0, 0.1) is 0 Å². The average Bonchev–Trinajstić information content (AvgIpc) is 3.27. The lowest BCUT2D eigenvalue weighted by atomic mass is 10.0. The highest BCUT2D eigenvalue weighted by atomic mass is 16.1. The predicted octanol–water partition coefficient (Wildman–Crippen LogP) is 4.26. The molecule has 0 aliphatic heterocycles. The number of para-hydroxylation sites is 1. The van der Waals surface area contributed by atoms with Crippen molar-refractivity contribution in [3.8, 4) is 0 Å². The molecule has 0 spiro atoms. The highest BCUT2D eigenvalue weighted by Gasteiger charge is 2.19. The number of aromatic amines is 1. The molecule has 0 bridgehead atoms. The number of pyridine rings is 1. The third-order valence-electron chi connectivity index (χ3n) is 4.64. The summed E-state index contributed by atoms with van der Waals surface area (Å²) in [6.07, 6.45) is 3.46. The number of carbonyl (C=O) groups is 1. The summed E-state index contributed by atoms with van der Waals surface area (Å²) in [5.74, 6) is 0.0159. The van der Waals surface area contributed by atoms with Gasteiger partial charge in [0.05, 0.1) is 34.5 Å². The smallest absolute Gasteiger partial charge is 0.256 e. The molecule has 0 fully saturated rings. The topological polar surface area (TPSA) is 88.5 Å². The first kappa shape index (κ1) is 17.2. The molecule has 0 aliphatic rings. The van der Waals surface area contributed by atoms with Gasteiger partial charge in [-0.15, -0.1) is 0 Å². The molecule has 0 saturated heterocycles. The van der Waals surface area contributed by atoms with Gasteiger partial charge >= 0.3 is 0 Å². The zero-order valence-electron chi connectivity index (χ0n) is 15.8. The molecule has 7 heteroatoms. The normalized spacial score (nSPS) is 11.8. The number of H-pyrrole nitrogens is 1. The largest absolute Gasteiger partial charge is 0.320 e. The van der Waals surface area contributed by atoms with E-state index in [1.54, 1.807) is 12.4 Å². The Morgan fingerprint density at radius 1 is 1.19 bits per heavy atom. The molecule has 0 aliphatic carbocycles. The fourth-order valence-electron chi connectivity index (χ4n) is 3.16. The molecule has 1 amide bonds. The van der Waals surface area contributed by atoms with Crippen LogP contribution >= 0.6 is 0 Å². The number of hydrogen-bond acceptors (Lipinski definition) is 4. The molecule has 7 nitrogen and oxygen atoms in total. The Labute approximate surface area is 156 Å². The van der Waals surface area contributed by atoms with E-state index in [0.29, 0.717) is 11.3 Å². The molecule has 3 aromatic heterocycles. The number of nitrogens with one attached hydrogen (secondary N) is 2. The number of rotatable bonds is 4. The number of amides is 1. The number of nitrogens with zero attached hydrogens (tertiary/aromatic N) is 4. The van der Waals surface area contributed by atoms with Crippen LogP contribution in [0.5, 0.6) is 0 Å². The number of benzene rings is 1. The van der Waals surface area contributed by atoms with Gasteiger partial charge in [0.15, 0.2) is 5.65 Å². The van der Waals surface area contributed by atoms with Crippen LogP contribution in [0.15, 0.2) is 36.7 Å². The zero-order valence-corrected chi connectivity index (χ0v) is 15.8. The van der Waals surface area contributed by atoms with Crippen LogP contribution in [0.2, 0.25) is 0 Å². The highest BCUT2D eigenvalue weighted by molar-refractivity contribution is 6.14. The molecule has 138 valence electrons. The van der Waals surface area contributed by atoms with E-state index < -0.39 is 0 Å². The maximum atomic E-state index is 13.1. The maximum Gasteiger partial charge on any atom is 0.256 e. The van der Waals surface area contributed by atoms with Gasteiger partial charge in [0.2, 0.25) is 0 Å². The van der Waals surface area contributed by atoms with Gasteiger partial charge in [-0.1, -0.05) is 26.0 Å². The van der Waals surface area contributed by atoms with Gasteiger partial charge in [0.1, 0.15) is 0 Å². The van der Waals surface area contributed by atoms with Gasteiger partial charge in [0.25, 0.3) is 5.91 Å². The van der Waals surface area contributed by atoms with Gasteiger partial charge in [-0.05, 0) is 31.9 Å². The van der Waals surface area contributed by atoms with Crippen LogP contribution in [0.1, 0.15) is 55.7 Å². The standard InChI is InChI=1S/C20H22N6O/c1-11(2)17-8-14(15-10-22-26(12(3)4)19(15)23-17)20(27)24-16-7-5-6-13-9-21-25-18(13)16/h5-12H,1-4H3,(H,21,25)(H,24,27). The second-order valence-electron chi connectivity index (χ2n) is 7.26. The van der Waals surface area contributed by atoms with Crippen molar-refractivity contribution >= 4 is 33.5 Å². The van der Waals surface area contributed by atoms with E-state index >= 15 is 0 Å². The van der Waals surface area contributed by atoms with E-state index in [9.17, 15) is 4.79 Å². The first-order valence-corrected chi connectivity index (χ1v) is 9.07. The number of anilines is 1. The predicted molar refractivity (Wildman–Crippen MR) is 106 cm³/mol. The lowest BCUT2D eigenvalue weighted by molar-refractivity contribution is 0.102. The number of hydrogen-bond donors (Lipinski definition) is 2. The van der Waals surface area contributed by atoms with E-state index in [0.717, 1.165) is 27.6 Å². The molecule has 0 atom stereocenters. The van der Waals surface area contributed by atoms with Crippen molar-refractivity contribution < 1.29 is 4.79 Å². The van der Waals surface area contributed by atoms with Crippen molar-refractivity contribution in [1.29, 1.82) is 0 Å². The lowest BCUT2D eigenvalue weighted by Gasteiger charge is -2.12. The van der Waals surface area contributed by atoms with Gasteiger partial charge in [-0.25, -0.2) is 9.67 Å². The van der Waals surface area contributed by atoms with Gasteiger partial charge in [-0.2, -0.15) is 10.2 Å². The van der Waals surface area contributed by atoms with Crippen molar-refractivity contribution in [2.75, 3.05) is 5.32 Å². The second kappa shape index (κ2) is 6.50. The first-order chi connectivity index (χ1) is 13.0. The van der Waals surface area contributed by atoms with Crippen LogP contribution < -0.4 is 5.32 Å². The number of carbonyl (C=O) groups excluding carboxylic acids is 1. The molecule has 0 saturated carbocycles. The van der Waals surface area contributed by atoms with Crippen molar-refractivity contribution in [3.05, 3.63) is 47.9 Å². The minimum atomic E-state index is -0.185. The van der Waals surface area contributed by atoms with Gasteiger partial charge in [0, 0.05) is 17.1 Å². The summed E-state index contributed by atoms with van der Waals surface area (Å²) in [4.78, 5) is 17.9. The zero-order chi connectivity index (χ0) is 19.1. The minimum Gasteiger partial charge on any atom is -0.320 e. The molecule has 1 aromatic carbocycles. The molecule has 4 aromatic rings. The molecule has 4 rings (SSSR count). The molecular weight excluding hydrogens is 340 g/mol. The molecule has 27 heavy (non-hydrogen) atoms. The summed E-state index contributed by atoms with van der Waals surface area (Å²) in [6, 6.07) is 7.72. The summed E-state index contributed by atoms with van der Waals surface area (Å²) < 4.78 is 1.85. The Kier molecular flexibility index (Phi) is 4.14. The molecule has 0 radical (unpaired) electrons. The first-order valence-electron chi connectivity index (χ1n) is 9.07. The van der Waals surface area contributed by atoms with Crippen LogP contribution in [0.4, 0.5) is 5.69 Å². The number of fused-ring (bicyclic) bond motifs is 2. The third kappa shape index (κ3) is 2.95. The Balaban J connectivity index is 1.82. The fourth-order valence-corrected chi connectivity index (χ4v) is 3.16. The Hall–Kier alpha value is -3.22. The molecule has 2 N–H and O–H groups in total. The summed E-state index contributed by atoms with van der Waals surface area (Å²) in [5.41, 5.74) is 3.68. The van der Waals surface area contributed by atoms with Crippen molar-refractivity contribution in [3.63, 3.8) is 0 Å². The van der Waals surface area contributed by atoms with Crippen LogP contribution in [-0.2, 0) is 0 Å². The Morgan fingerprint density at radius 3 is 2.74 bits per heavy atom. The summed E-state index contributed by atoms with van der Waals surface area (Å²) in [5, 5.41) is 16.1. The van der Waals surface area contributed by atoms with Crippen LogP contribution in [0.25, 0.3) is 21.9 Å². The van der Waals surface area contributed by atoms with Crippen molar-refractivity contribution in [2.45, 2.75) is 39.7 Å². The second-order valence-corrected chi connectivity index (χ2v) is 7.26. The Morgan fingerprint density at radius 2 is 2.00 bits per heavy atom. The molecular formula is C20H22N6O. The van der Waals surface area contributed by atoms with E-state index in [2.05, 4.69) is 48.3 Å². The van der Waals surface area contributed by atoms with Gasteiger partial charge < -0.3 is 5.32 Å². The van der Waals surface area contributed by atoms with E-state index in [-0.39, 0.29) is 17.9 Å². The molecule has 0 unspecified atom stereocenters. The fraction of sp³-hybridized carbons (Fsp3) is 0.300. The molecule has 3 heterocycles. The average molecular weight is 362 g/mol. The maximum absolute atomic E-state index is 13.1. The monoisotopic (exact) mass is 362 g/mol. The van der Waals surface area contributed by atoms with Gasteiger partial charge in [-0.3, -0.25) is 9.89 Å². The van der Waals surface area contributed by atoms with Crippen molar-refractivity contribution in [2.24, 2.45) is 0 Å². The Bertz CT molecular complexity index is 1140. The van der Waals surface area contributed by atoms with E-state index in [1.165, 1.54) is 0 Å². The highest BCUT2D eigenvalue weighted by Crippen LogP contribution is 2.26. The summed E-state index contributed by atoms with van der Waals surface area (Å²) in [7, 11) is 0. The third-order valence-corrected chi connectivity index (χ3v) is 4.64. The SMILES string of the molecule is CC(C)c1cc(C(=O)Nc2cccc3cn[nH]c23)c2cnn(C(C)C)c2n1. The van der Waals surface area contributed by atoms with Crippen molar-refractivity contribution in [1.82, 2.24) is 25.0 Å². The quantitative estimate of drug-likeness (QED) is 0.567.